The first-order valence-electron chi connectivity index (χ1n) is 14.4. The molecule has 0 aromatic heterocycles. The maximum atomic E-state index is 14.3. The van der Waals surface area contributed by atoms with Crippen LogP contribution in [0.3, 0.4) is 0 Å². The van der Waals surface area contributed by atoms with Gasteiger partial charge in [0.05, 0.1) is 0 Å². The predicted molar refractivity (Wildman–Crippen MR) is 168 cm³/mol. The molecule has 0 aliphatic rings. The van der Waals surface area contributed by atoms with E-state index in [1.807, 2.05) is 36.4 Å². The Balaban J connectivity index is 2.54. The topological polar surface area (TPSA) is 114 Å². The van der Waals surface area contributed by atoms with E-state index in [1.54, 1.807) is 86.6 Å². The molecule has 9 nitrogen and oxygen atoms in total. The van der Waals surface area contributed by atoms with Crippen molar-refractivity contribution in [2.75, 3.05) is 6.54 Å². The van der Waals surface area contributed by atoms with Crippen molar-refractivity contribution in [3.05, 3.63) is 77.9 Å². The Morgan fingerprint density at radius 1 is 0.860 bits per heavy atom. The molecule has 2 atom stereocenters. The summed E-state index contributed by atoms with van der Waals surface area (Å²) in [6, 6.07) is 14.2. The number of esters is 1. The molecular formula is C34H47N3O6. The summed E-state index contributed by atoms with van der Waals surface area (Å²) in [5, 5.41) is 5.38. The van der Waals surface area contributed by atoms with Crippen molar-refractivity contribution in [1.29, 1.82) is 0 Å². The van der Waals surface area contributed by atoms with E-state index < -0.39 is 59.2 Å². The van der Waals surface area contributed by atoms with Crippen LogP contribution in [0.5, 0.6) is 0 Å². The predicted octanol–water partition coefficient (Wildman–Crippen LogP) is 5.59. The molecule has 2 aromatic rings. The fourth-order valence-electron chi connectivity index (χ4n) is 4.39. The van der Waals surface area contributed by atoms with Crippen LogP contribution >= 0.6 is 0 Å². The second-order valence-electron chi connectivity index (χ2n) is 13.4. The number of rotatable bonds is 10. The van der Waals surface area contributed by atoms with Gasteiger partial charge in [-0.25, -0.2) is 9.59 Å². The van der Waals surface area contributed by atoms with Gasteiger partial charge in [-0.1, -0.05) is 61.2 Å². The molecule has 43 heavy (non-hydrogen) atoms. The van der Waals surface area contributed by atoms with Crippen molar-refractivity contribution < 1.29 is 28.7 Å². The Morgan fingerprint density at radius 2 is 1.47 bits per heavy atom. The maximum absolute atomic E-state index is 14.3. The van der Waals surface area contributed by atoms with Crippen LogP contribution in [-0.2, 0) is 30.3 Å². The molecule has 2 unspecified atom stereocenters. The van der Waals surface area contributed by atoms with E-state index in [0.717, 1.165) is 11.1 Å². The maximum Gasteiger partial charge on any atom is 0.408 e. The van der Waals surface area contributed by atoms with Gasteiger partial charge in [-0.2, -0.15) is 0 Å². The third-order valence-corrected chi connectivity index (χ3v) is 6.03. The van der Waals surface area contributed by atoms with Crippen molar-refractivity contribution in [2.45, 2.75) is 97.6 Å². The number of alkyl carbamates (subject to hydrolysis) is 1. The molecule has 0 fully saturated rings. The van der Waals surface area contributed by atoms with Crippen LogP contribution in [0.15, 0.2) is 61.2 Å². The Labute approximate surface area is 256 Å². The first-order valence-corrected chi connectivity index (χ1v) is 14.4. The highest BCUT2D eigenvalue weighted by Gasteiger charge is 2.40. The summed E-state index contributed by atoms with van der Waals surface area (Å²) in [6.07, 6.45) is 1.08. The summed E-state index contributed by atoms with van der Waals surface area (Å²) in [5.41, 5.74) is -0.321. The van der Waals surface area contributed by atoms with E-state index in [4.69, 9.17) is 9.47 Å². The van der Waals surface area contributed by atoms with Crippen molar-refractivity contribution >= 4 is 30.0 Å². The monoisotopic (exact) mass is 593 g/mol. The van der Waals surface area contributed by atoms with Gasteiger partial charge in [-0.15, -0.1) is 0 Å². The van der Waals surface area contributed by atoms with E-state index in [-0.39, 0.29) is 6.42 Å². The average molecular weight is 594 g/mol. The highest BCUT2D eigenvalue weighted by Crippen LogP contribution is 2.30. The van der Waals surface area contributed by atoms with E-state index in [1.165, 1.54) is 4.90 Å². The normalized spacial score (nSPS) is 13.2. The molecule has 0 bridgehead atoms. The first-order chi connectivity index (χ1) is 19.8. The van der Waals surface area contributed by atoms with Crippen LogP contribution in [-0.4, -0.2) is 58.1 Å². The number of benzene rings is 2. The smallest absolute Gasteiger partial charge is 0.408 e. The fraction of sp³-hybridized carbons (Fsp3) is 0.471. The van der Waals surface area contributed by atoms with E-state index in [0.29, 0.717) is 5.56 Å². The SMILES string of the molecule is C=Cc1cccc(C(C(=O)NC(Cc2ccccc2)C(=O)OC(C)(C)C)N(C(=O)CNC(=O)OC(C)(C)C)C(C)(C)C)c1. The van der Waals surface area contributed by atoms with Crippen molar-refractivity contribution in [2.24, 2.45) is 0 Å². The Hall–Kier alpha value is -4.14. The summed E-state index contributed by atoms with van der Waals surface area (Å²) in [6.45, 7) is 19.3. The minimum Gasteiger partial charge on any atom is -0.458 e. The van der Waals surface area contributed by atoms with Gasteiger partial charge < -0.3 is 25.0 Å². The lowest BCUT2D eigenvalue weighted by Gasteiger charge is -2.41. The molecule has 0 saturated heterocycles. The lowest BCUT2D eigenvalue weighted by molar-refractivity contribution is -0.159. The minimum atomic E-state index is -1.16. The molecule has 9 heteroatoms. The van der Waals surface area contributed by atoms with E-state index in [9.17, 15) is 19.2 Å². The lowest BCUT2D eigenvalue weighted by Crippen LogP contribution is -2.57. The molecule has 0 saturated carbocycles. The molecule has 0 radical (unpaired) electrons. The number of nitrogens with zero attached hydrogens (tertiary/aromatic N) is 1. The van der Waals surface area contributed by atoms with Crippen LogP contribution < -0.4 is 10.6 Å². The highest BCUT2D eigenvalue weighted by molar-refractivity contribution is 5.93. The molecule has 0 spiro atoms. The lowest BCUT2D eigenvalue weighted by atomic mass is 9.95. The number of hydrogen-bond donors (Lipinski definition) is 2. The second kappa shape index (κ2) is 14.4. The van der Waals surface area contributed by atoms with Crippen molar-refractivity contribution in [1.82, 2.24) is 15.5 Å². The van der Waals surface area contributed by atoms with Gasteiger partial charge >= 0.3 is 12.1 Å². The number of hydrogen-bond acceptors (Lipinski definition) is 6. The van der Waals surface area contributed by atoms with E-state index in [2.05, 4.69) is 17.2 Å². The van der Waals surface area contributed by atoms with Crippen molar-refractivity contribution in [3.8, 4) is 0 Å². The summed E-state index contributed by atoms with van der Waals surface area (Å²) >= 11 is 0. The molecule has 0 aliphatic heterocycles. The van der Waals surface area contributed by atoms with Crippen LogP contribution in [0.25, 0.3) is 6.08 Å². The molecule has 0 aliphatic carbocycles. The number of amides is 3. The third-order valence-electron chi connectivity index (χ3n) is 6.03. The molecule has 2 rings (SSSR count). The molecule has 2 N–H and O–H groups in total. The second-order valence-corrected chi connectivity index (χ2v) is 13.4. The summed E-state index contributed by atoms with van der Waals surface area (Å²) in [7, 11) is 0. The number of carbonyl (C=O) groups excluding carboxylic acids is 4. The fourth-order valence-corrected chi connectivity index (χ4v) is 4.39. The van der Waals surface area contributed by atoms with Crippen molar-refractivity contribution in [3.63, 3.8) is 0 Å². The Bertz CT molecular complexity index is 1290. The van der Waals surface area contributed by atoms with Gasteiger partial charge in [-0.05, 0) is 85.1 Å². The van der Waals surface area contributed by atoms with Gasteiger partial charge in [0.15, 0.2) is 0 Å². The van der Waals surface area contributed by atoms with Crippen LogP contribution in [0.1, 0.15) is 85.0 Å². The van der Waals surface area contributed by atoms with Gasteiger partial charge in [0.2, 0.25) is 11.8 Å². The van der Waals surface area contributed by atoms with Gasteiger partial charge in [-0.3, -0.25) is 9.59 Å². The summed E-state index contributed by atoms with van der Waals surface area (Å²) < 4.78 is 11.0. The molecule has 2 aromatic carbocycles. The first kappa shape index (κ1) is 35.1. The number of ether oxygens (including phenoxy) is 2. The number of carbonyl (C=O) groups is 4. The average Bonchev–Trinajstić information content (AvgIpc) is 2.87. The van der Waals surface area contributed by atoms with Crippen LogP contribution in [0.4, 0.5) is 4.79 Å². The third kappa shape index (κ3) is 11.6. The summed E-state index contributed by atoms with van der Waals surface area (Å²) in [4.78, 5) is 55.2. The zero-order valence-corrected chi connectivity index (χ0v) is 26.9. The summed E-state index contributed by atoms with van der Waals surface area (Å²) in [5.74, 6) is -1.68. The standard InChI is InChI=1S/C34H47N3O6/c1-11-23-18-15-19-25(20-23)28(37(32(2,3)4)27(38)22-35-31(41)43-34(8,9)10)29(39)36-26(30(40)42-33(5,6)7)21-24-16-13-12-14-17-24/h11-20,26,28H,1,21-22H2,2-10H3,(H,35,41)(H,36,39). The zero-order chi connectivity index (χ0) is 32.6. The quantitative estimate of drug-likeness (QED) is 0.347. The minimum absolute atomic E-state index is 0.185. The highest BCUT2D eigenvalue weighted by atomic mass is 16.6. The van der Waals surface area contributed by atoms with Crippen LogP contribution in [0.2, 0.25) is 0 Å². The zero-order valence-electron chi connectivity index (χ0n) is 26.9. The molecule has 234 valence electrons. The Kier molecular flexibility index (Phi) is 11.7. The van der Waals surface area contributed by atoms with Gasteiger partial charge in [0.1, 0.15) is 29.8 Å². The molecular weight excluding hydrogens is 546 g/mol. The van der Waals surface area contributed by atoms with Gasteiger partial charge in [0.25, 0.3) is 0 Å². The Morgan fingerprint density at radius 3 is 2.00 bits per heavy atom. The molecule has 3 amide bonds. The van der Waals surface area contributed by atoms with Crippen LogP contribution in [0, 0.1) is 0 Å². The number of nitrogens with one attached hydrogen (secondary N) is 2. The molecule has 0 heterocycles. The van der Waals surface area contributed by atoms with E-state index >= 15 is 0 Å². The van der Waals surface area contributed by atoms with Gasteiger partial charge in [0, 0.05) is 12.0 Å². The largest absolute Gasteiger partial charge is 0.458 e.